The molecule has 0 fully saturated rings. The van der Waals surface area contributed by atoms with Crippen LogP contribution in [0.25, 0.3) is 0 Å². The van der Waals surface area contributed by atoms with Gasteiger partial charge in [0.2, 0.25) is 5.91 Å². The predicted molar refractivity (Wildman–Crippen MR) is 116 cm³/mol. The maximum Gasteiger partial charge on any atom is 0.251 e. The summed E-state index contributed by atoms with van der Waals surface area (Å²) in [4.78, 5) is 24.7. The maximum atomic E-state index is 12.4. The van der Waals surface area contributed by atoms with Crippen molar-refractivity contribution in [2.45, 2.75) is 25.3 Å². The first-order valence-electron chi connectivity index (χ1n) is 10.2. The molecule has 0 bridgehead atoms. The molecule has 5 nitrogen and oxygen atoms in total. The average molecular weight is 400 g/mol. The molecule has 1 unspecified atom stereocenters. The Labute approximate surface area is 176 Å². The first kappa shape index (κ1) is 19.7. The molecule has 1 aliphatic carbocycles. The molecule has 5 heteroatoms. The zero-order chi connectivity index (χ0) is 20.8. The van der Waals surface area contributed by atoms with Gasteiger partial charge in [-0.25, -0.2) is 0 Å². The third-order valence-electron chi connectivity index (χ3n) is 5.21. The largest absolute Gasteiger partial charge is 0.457 e. The van der Waals surface area contributed by atoms with Crippen molar-refractivity contribution < 1.29 is 14.3 Å². The second kappa shape index (κ2) is 9.27. The highest BCUT2D eigenvalue weighted by molar-refractivity contribution is 5.96. The highest BCUT2D eigenvalue weighted by atomic mass is 16.5. The van der Waals surface area contributed by atoms with Gasteiger partial charge < -0.3 is 15.4 Å². The standard InChI is InChI=1S/C25H24N2O3/c28-24(27-23-12-6-8-18-7-4-5-11-22(18)23)17-26-25(29)19-13-15-21(16-14-19)30-20-9-2-1-3-10-20/h1-5,7,9-11,13-16,23H,6,8,12,17H2,(H,26,29)(H,27,28). The van der Waals surface area contributed by atoms with Crippen LogP contribution in [-0.4, -0.2) is 18.4 Å². The third-order valence-corrected chi connectivity index (χ3v) is 5.21. The number of aryl methyl sites for hydroxylation is 1. The zero-order valence-corrected chi connectivity index (χ0v) is 16.6. The Hall–Kier alpha value is -3.60. The number of amides is 2. The lowest BCUT2D eigenvalue weighted by atomic mass is 9.88. The number of rotatable bonds is 6. The molecule has 0 saturated heterocycles. The molecule has 152 valence electrons. The van der Waals surface area contributed by atoms with Crippen LogP contribution in [-0.2, 0) is 11.2 Å². The van der Waals surface area contributed by atoms with E-state index in [9.17, 15) is 9.59 Å². The SMILES string of the molecule is O=C(CNC(=O)c1ccc(Oc2ccccc2)cc1)NC1CCCc2ccccc21. The lowest BCUT2D eigenvalue weighted by molar-refractivity contribution is -0.121. The summed E-state index contributed by atoms with van der Waals surface area (Å²) >= 11 is 0. The Kier molecular flexibility index (Phi) is 6.09. The quantitative estimate of drug-likeness (QED) is 0.644. The minimum Gasteiger partial charge on any atom is -0.457 e. The van der Waals surface area contributed by atoms with Crippen LogP contribution in [0.3, 0.4) is 0 Å². The van der Waals surface area contributed by atoms with E-state index < -0.39 is 0 Å². The number of hydrogen-bond donors (Lipinski definition) is 2. The second-order valence-electron chi connectivity index (χ2n) is 7.33. The van der Waals surface area contributed by atoms with Crippen LogP contribution < -0.4 is 15.4 Å². The molecule has 2 amide bonds. The van der Waals surface area contributed by atoms with Crippen LogP contribution in [0.5, 0.6) is 11.5 Å². The summed E-state index contributed by atoms with van der Waals surface area (Å²) < 4.78 is 5.73. The molecule has 0 heterocycles. The molecule has 1 aliphatic rings. The third kappa shape index (κ3) is 4.87. The Bertz CT molecular complexity index is 1020. The first-order valence-corrected chi connectivity index (χ1v) is 10.2. The smallest absolute Gasteiger partial charge is 0.251 e. The van der Waals surface area contributed by atoms with Crippen LogP contribution in [0.4, 0.5) is 0 Å². The van der Waals surface area contributed by atoms with Crippen molar-refractivity contribution in [3.63, 3.8) is 0 Å². The highest BCUT2D eigenvalue weighted by Gasteiger charge is 2.21. The van der Waals surface area contributed by atoms with Crippen molar-refractivity contribution in [3.8, 4) is 11.5 Å². The predicted octanol–water partition coefficient (Wildman–Crippen LogP) is 4.40. The van der Waals surface area contributed by atoms with Gasteiger partial charge in [0.25, 0.3) is 5.91 Å². The maximum absolute atomic E-state index is 12.4. The summed E-state index contributed by atoms with van der Waals surface area (Å²) in [7, 11) is 0. The van der Waals surface area contributed by atoms with Crippen LogP contribution in [0.2, 0.25) is 0 Å². The van der Waals surface area contributed by atoms with E-state index >= 15 is 0 Å². The topological polar surface area (TPSA) is 67.4 Å². The number of para-hydroxylation sites is 1. The molecule has 3 aromatic rings. The minimum absolute atomic E-state index is 0.00812. The summed E-state index contributed by atoms with van der Waals surface area (Å²) in [5, 5.41) is 5.73. The lowest BCUT2D eigenvalue weighted by Gasteiger charge is -2.26. The molecule has 2 N–H and O–H groups in total. The van der Waals surface area contributed by atoms with E-state index in [2.05, 4.69) is 22.8 Å². The fourth-order valence-electron chi connectivity index (χ4n) is 3.71. The van der Waals surface area contributed by atoms with Gasteiger partial charge in [-0.3, -0.25) is 9.59 Å². The molecule has 3 aromatic carbocycles. The Balaban J connectivity index is 1.29. The van der Waals surface area contributed by atoms with Gasteiger partial charge in [0.1, 0.15) is 11.5 Å². The average Bonchev–Trinajstić information content (AvgIpc) is 2.79. The summed E-state index contributed by atoms with van der Waals surface area (Å²) in [6, 6.07) is 24.5. The molecule has 0 radical (unpaired) electrons. The van der Waals surface area contributed by atoms with Crippen molar-refractivity contribution in [1.29, 1.82) is 0 Å². The molecule has 1 atom stereocenters. The van der Waals surface area contributed by atoms with Gasteiger partial charge >= 0.3 is 0 Å². The van der Waals surface area contributed by atoms with E-state index in [-0.39, 0.29) is 24.4 Å². The van der Waals surface area contributed by atoms with Crippen molar-refractivity contribution in [2.75, 3.05) is 6.54 Å². The summed E-state index contributed by atoms with van der Waals surface area (Å²) in [5.41, 5.74) is 2.94. The number of carbonyl (C=O) groups is 2. The number of ether oxygens (including phenoxy) is 1. The number of hydrogen-bond acceptors (Lipinski definition) is 3. The van der Waals surface area contributed by atoms with Gasteiger partial charge in [0.05, 0.1) is 12.6 Å². The summed E-state index contributed by atoms with van der Waals surface area (Å²) in [6.45, 7) is -0.0558. The van der Waals surface area contributed by atoms with Crippen molar-refractivity contribution in [1.82, 2.24) is 10.6 Å². The van der Waals surface area contributed by atoms with Crippen LogP contribution in [0, 0.1) is 0 Å². The van der Waals surface area contributed by atoms with Crippen LogP contribution in [0.1, 0.15) is 40.4 Å². The normalized spacial score (nSPS) is 15.0. The number of carbonyl (C=O) groups excluding carboxylic acids is 2. The monoisotopic (exact) mass is 400 g/mol. The van der Waals surface area contributed by atoms with E-state index in [1.54, 1.807) is 24.3 Å². The molecule has 0 spiro atoms. The Morgan fingerprint density at radius 1 is 0.867 bits per heavy atom. The van der Waals surface area contributed by atoms with Crippen molar-refractivity contribution in [3.05, 3.63) is 95.6 Å². The van der Waals surface area contributed by atoms with Crippen LogP contribution >= 0.6 is 0 Å². The number of benzene rings is 3. The fraction of sp³-hybridized carbons (Fsp3) is 0.200. The Morgan fingerprint density at radius 3 is 2.37 bits per heavy atom. The molecular weight excluding hydrogens is 376 g/mol. The van der Waals surface area contributed by atoms with E-state index in [0.29, 0.717) is 11.3 Å². The number of fused-ring (bicyclic) bond motifs is 1. The van der Waals surface area contributed by atoms with E-state index in [1.165, 1.54) is 11.1 Å². The summed E-state index contributed by atoms with van der Waals surface area (Å²) in [5.74, 6) is 0.900. The summed E-state index contributed by atoms with van der Waals surface area (Å²) in [6.07, 6.45) is 3.01. The van der Waals surface area contributed by atoms with Crippen molar-refractivity contribution >= 4 is 11.8 Å². The zero-order valence-electron chi connectivity index (χ0n) is 16.6. The molecular formula is C25H24N2O3. The molecule has 30 heavy (non-hydrogen) atoms. The Morgan fingerprint density at radius 2 is 1.57 bits per heavy atom. The first-order chi connectivity index (χ1) is 14.7. The van der Waals surface area contributed by atoms with E-state index in [4.69, 9.17) is 4.74 Å². The van der Waals surface area contributed by atoms with Gasteiger partial charge in [-0.2, -0.15) is 0 Å². The molecule has 0 saturated carbocycles. The van der Waals surface area contributed by atoms with E-state index in [0.717, 1.165) is 25.0 Å². The van der Waals surface area contributed by atoms with Gasteiger partial charge in [-0.15, -0.1) is 0 Å². The van der Waals surface area contributed by atoms with Gasteiger partial charge in [0.15, 0.2) is 0 Å². The lowest BCUT2D eigenvalue weighted by Crippen LogP contribution is -2.39. The van der Waals surface area contributed by atoms with Gasteiger partial charge in [0, 0.05) is 5.56 Å². The minimum atomic E-state index is -0.291. The molecule has 4 rings (SSSR count). The number of nitrogens with one attached hydrogen (secondary N) is 2. The highest BCUT2D eigenvalue weighted by Crippen LogP contribution is 2.29. The molecule has 0 aliphatic heterocycles. The fourth-order valence-corrected chi connectivity index (χ4v) is 3.71. The van der Waals surface area contributed by atoms with Gasteiger partial charge in [-0.1, -0.05) is 42.5 Å². The van der Waals surface area contributed by atoms with Gasteiger partial charge in [-0.05, 0) is 66.8 Å². The van der Waals surface area contributed by atoms with Crippen molar-refractivity contribution in [2.24, 2.45) is 0 Å². The molecule has 0 aromatic heterocycles. The second-order valence-corrected chi connectivity index (χ2v) is 7.33. The van der Waals surface area contributed by atoms with E-state index in [1.807, 2.05) is 42.5 Å². The van der Waals surface area contributed by atoms with Crippen LogP contribution in [0.15, 0.2) is 78.9 Å².